The number of nitrogens with zero attached hydrogens (tertiary/aromatic N) is 2. The molecule has 1 fully saturated rings. The van der Waals surface area contributed by atoms with Crippen molar-refractivity contribution in [3.05, 3.63) is 59.9 Å². The van der Waals surface area contributed by atoms with Crippen molar-refractivity contribution in [1.82, 2.24) is 9.88 Å². The fraction of sp³-hybridized carbons (Fsp3) is 0.312. The predicted octanol–water partition coefficient (Wildman–Crippen LogP) is 3.00. The van der Waals surface area contributed by atoms with Crippen LogP contribution in [0, 0.1) is 0 Å². The Morgan fingerprint density at radius 2 is 2.16 bits per heavy atom. The number of nitrogen functional groups attached to an aromatic ring is 1. The Bertz CT molecular complexity index is 539. The second-order valence-corrected chi connectivity index (χ2v) is 5.12. The molecule has 3 nitrogen and oxygen atoms in total. The lowest BCUT2D eigenvalue weighted by atomic mass is 10.0. The van der Waals surface area contributed by atoms with Crippen LogP contribution >= 0.6 is 0 Å². The van der Waals surface area contributed by atoms with E-state index in [-0.39, 0.29) is 0 Å². The number of hydrogen-bond acceptors (Lipinski definition) is 3. The number of likely N-dealkylation sites (tertiary alicyclic amines) is 1. The van der Waals surface area contributed by atoms with Gasteiger partial charge in [0.2, 0.25) is 0 Å². The van der Waals surface area contributed by atoms with Crippen LogP contribution < -0.4 is 5.73 Å². The van der Waals surface area contributed by atoms with Gasteiger partial charge in [-0.15, -0.1) is 0 Å². The summed E-state index contributed by atoms with van der Waals surface area (Å²) in [5.41, 5.74) is 9.21. The Balaban J connectivity index is 1.78. The molecule has 0 radical (unpaired) electrons. The molecule has 0 spiro atoms. The predicted molar refractivity (Wildman–Crippen MR) is 77.5 cm³/mol. The Morgan fingerprint density at radius 3 is 2.95 bits per heavy atom. The van der Waals surface area contributed by atoms with Crippen molar-refractivity contribution in [3.8, 4) is 0 Å². The summed E-state index contributed by atoms with van der Waals surface area (Å²) >= 11 is 0. The van der Waals surface area contributed by atoms with Crippen LogP contribution in [-0.4, -0.2) is 16.4 Å². The third kappa shape index (κ3) is 2.76. The van der Waals surface area contributed by atoms with Gasteiger partial charge in [0, 0.05) is 24.5 Å². The minimum absolute atomic E-state index is 0.477. The van der Waals surface area contributed by atoms with Crippen LogP contribution in [0.4, 0.5) is 5.69 Å². The molecule has 0 aliphatic carbocycles. The molecular formula is C16H19N3. The molecule has 1 saturated heterocycles. The Kier molecular flexibility index (Phi) is 3.47. The van der Waals surface area contributed by atoms with Crippen LogP contribution in [0.3, 0.4) is 0 Å². The number of anilines is 1. The fourth-order valence-corrected chi connectivity index (χ4v) is 2.86. The summed E-state index contributed by atoms with van der Waals surface area (Å²) < 4.78 is 0. The Morgan fingerprint density at radius 1 is 1.21 bits per heavy atom. The van der Waals surface area contributed by atoms with Crippen LogP contribution in [0.15, 0.2) is 48.7 Å². The van der Waals surface area contributed by atoms with E-state index in [4.69, 9.17) is 5.73 Å². The minimum Gasteiger partial charge on any atom is -0.399 e. The van der Waals surface area contributed by atoms with Crippen LogP contribution in [-0.2, 0) is 6.54 Å². The van der Waals surface area contributed by atoms with Gasteiger partial charge in [0.05, 0.1) is 5.69 Å². The van der Waals surface area contributed by atoms with E-state index in [2.05, 4.69) is 28.1 Å². The van der Waals surface area contributed by atoms with Crippen molar-refractivity contribution < 1.29 is 0 Å². The van der Waals surface area contributed by atoms with Gasteiger partial charge in [0.1, 0.15) is 0 Å². The molecule has 19 heavy (non-hydrogen) atoms. The first-order valence-corrected chi connectivity index (χ1v) is 6.82. The van der Waals surface area contributed by atoms with Crippen molar-refractivity contribution in [2.45, 2.75) is 25.4 Å². The molecule has 0 saturated carbocycles. The third-order valence-electron chi connectivity index (χ3n) is 3.75. The zero-order valence-corrected chi connectivity index (χ0v) is 11.0. The maximum absolute atomic E-state index is 5.89. The molecule has 2 heterocycles. The van der Waals surface area contributed by atoms with Crippen molar-refractivity contribution >= 4 is 5.69 Å². The van der Waals surface area contributed by atoms with E-state index < -0.39 is 0 Å². The first-order valence-electron chi connectivity index (χ1n) is 6.82. The summed E-state index contributed by atoms with van der Waals surface area (Å²) in [5.74, 6) is 0. The number of benzene rings is 1. The van der Waals surface area contributed by atoms with Gasteiger partial charge in [-0.1, -0.05) is 18.2 Å². The molecule has 3 rings (SSSR count). The first-order chi connectivity index (χ1) is 9.33. The molecule has 0 amide bonds. The van der Waals surface area contributed by atoms with Gasteiger partial charge < -0.3 is 5.73 Å². The second-order valence-electron chi connectivity index (χ2n) is 5.12. The molecule has 1 aromatic carbocycles. The highest BCUT2D eigenvalue weighted by atomic mass is 15.2. The number of nitrogens with two attached hydrogens (primary N) is 1. The molecule has 2 N–H and O–H groups in total. The van der Waals surface area contributed by atoms with E-state index in [9.17, 15) is 0 Å². The van der Waals surface area contributed by atoms with Gasteiger partial charge in [-0.2, -0.15) is 0 Å². The Hall–Kier alpha value is -1.87. The molecule has 0 bridgehead atoms. The van der Waals surface area contributed by atoms with Crippen molar-refractivity contribution in [2.24, 2.45) is 0 Å². The van der Waals surface area contributed by atoms with Gasteiger partial charge in [-0.3, -0.25) is 9.88 Å². The minimum atomic E-state index is 0.477. The van der Waals surface area contributed by atoms with Crippen LogP contribution in [0.25, 0.3) is 0 Å². The lowest BCUT2D eigenvalue weighted by Crippen LogP contribution is -2.23. The van der Waals surface area contributed by atoms with Gasteiger partial charge in [0.25, 0.3) is 0 Å². The van der Waals surface area contributed by atoms with E-state index in [1.165, 1.54) is 18.4 Å². The average Bonchev–Trinajstić information content (AvgIpc) is 2.88. The van der Waals surface area contributed by atoms with Crippen LogP contribution in [0.5, 0.6) is 0 Å². The highest BCUT2D eigenvalue weighted by molar-refractivity contribution is 5.41. The average molecular weight is 253 g/mol. The highest BCUT2D eigenvalue weighted by Crippen LogP contribution is 2.33. The molecule has 2 aromatic rings. The maximum atomic E-state index is 5.89. The van der Waals surface area contributed by atoms with Gasteiger partial charge in [-0.25, -0.2) is 0 Å². The summed E-state index contributed by atoms with van der Waals surface area (Å²) in [6.07, 6.45) is 4.31. The highest BCUT2D eigenvalue weighted by Gasteiger charge is 2.26. The normalized spacial score (nSPS) is 19.7. The summed E-state index contributed by atoms with van der Waals surface area (Å²) in [4.78, 5) is 6.92. The van der Waals surface area contributed by atoms with Crippen LogP contribution in [0.2, 0.25) is 0 Å². The molecule has 1 aliphatic heterocycles. The SMILES string of the molecule is Nc1cccc(C2CCCN2Cc2ccccn2)c1. The monoisotopic (exact) mass is 253 g/mol. The quantitative estimate of drug-likeness (QED) is 0.855. The lowest BCUT2D eigenvalue weighted by molar-refractivity contribution is 0.245. The molecule has 98 valence electrons. The smallest absolute Gasteiger partial charge is 0.0544 e. The third-order valence-corrected chi connectivity index (χ3v) is 3.75. The largest absolute Gasteiger partial charge is 0.399 e. The van der Waals surface area contributed by atoms with E-state index >= 15 is 0 Å². The number of rotatable bonds is 3. The van der Waals surface area contributed by atoms with Gasteiger partial charge >= 0.3 is 0 Å². The Labute approximate surface area is 114 Å². The zero-order valence-electron chi connectivity index (χ0n) is 11.0. The fourth-order valence-electron chi connectivity index (χ4n) is 2.86. The van der Waals surface area contributed by atoms with E-state index in [0.717, 1.165) is 24.5 Å². The molecule has 1 unspecified atom stereocenters. The topological polar surface area (TPSA) is 42.1 Å². The van der Waals surface area contributed by atoms with E-state index in [0.29, 0.717) is 6.04 Å². The second kappa shape index (κ2) is 5.41. The summed E-state index contributed by atoms with van der Waals surface area (Å²) in [7, 11) is 0. The summed E-state index contributed by atoms with van der Waals surface area (Å²) in [5, 5.41) is 0. The molecule has 1 atom stereocenters. The zero-order chi connectivity index (χ0) is 13.1. The molecule has 1 aliphatic rings. The number of hydrogen-bond donors (Lipinski definition) is 1. The number of aromatic nitrogens is 1. The van der Waals surface area contributed by atoms with Crippen molar-refractivity contribution in [2.75, 3.05) is 12.3 Å². The van der Waals surface area contributed by atoms with Crippen molar-refractivity contribution in [1.29, 1.82) is 0 Å². The van der Waals surface area contributed by atoms with Crippen LogP contribution in [0.1, 0.15) is 30.1 Å². The lowest BCUT2D eigenvalue weighted by Gasteiger charge is -2.24. The first kappa shape index (κ1) is 12.2. The summed E-state index contributed by atoms with van der Waals surface area (Å²) in [6, 6.07) is 14.8. The molecule has 1 aromatic heterocycles. The molecule has 3 heteroatoms. The standard InChI is InChI=1S/C16H19N3/c17-14-6-3-5-13(11-14)16-8-4-10-19(16)12-15-7-1-2-9-18-15/h1-3,5-7,9,11,16H,4,8,10,12,17H2. The summed E-state index contributed by atoms with van der Waals surface area (Å²) in [6.45, 7) is 2.05. The number of pyridine rings is 1. The van der Waals surface area contributed by atoms with Gasteiger partial charge in [-0.05, 0) is 49.2 Å². The maximum Gasteiger partial charge on any atom is 0.0544 e. The van der Waals surface area contributed by atoms with E-state index in [1.54, 1.807) is 0 Å². The van der Waals surface area contributed by atoms with E-state index in [1.807, 2.05) is 30.5 Å². The van der Waals surface area contributed by atoms with Gasteiger partial charge in [0.15, 0.2) is 0 Å². The molecular weight excluding hydrogens is 234 g/mol. The van der Waals surface area contributed by atoms with Crippen molar-refractivity contribution in [3.63, 3.8) is 0 Å².